The van der Waals surface area contributed by atoms with Gasteiger partial charge in [-0.3, -0.25) is 9.59 Å². The van der Waals surface area contributed by atoms with Crippen molar-refractivity contribution in [3.8, 4) is 0 Å². The topological polar surface area (TPSA) is 86.9 Å². The van der Waals surface area contributed by atoms with E-state index in [9.17, 15) is 9.59 Å². The van der Waals surface area contributed by atoms with Gasteiger partial charge >= 0.3 is 0 Å². The average molecular weight is 208 g/mol. The molecule has 3 N–H and O–H groups in total. The zero-order chi connectivity index (χ0) is 10.7. The summed E-state index contributed by atoms with van der Waals surface area (Å²) < 4.78 is 0. The van der Waals surface area contributed by atoms with Crippen LogP contribution >= 0.6 is 0 Å². The van der Waals surface area contributed by atoms with Gasteiger partial charge in [0.1, 0.15) is 5.82 Å². The summed E-state index contributed by atoms with van der Waals surface area (Å²) in [4.78, 5) is 28.4. The van der Waals surface area contributed by atoms with E-state index in [4.69, 9.17) is 0 Å². The van der Waals surface area contributed by atoms with E-state index in [2.05, 4.69) is 20.6 Å². The Morgan fingerprint density at radius 3 is 3.07 bits per heavy atom. The van der Waals surface area contributed by atoms with Crippen LogP contribution in [-0.2, 0) is 4.79 Å². The number of H-pyrrole nitrogens is 1. The molecule has 1 saturated carbocycles. The fourth-order valence-electron chi connectivity index (χ4n) is 1.14. The lowest BCUT2D eigenvalue weighted by Crippen LogP contribution is -2.31. The molecule has 1 amide bonds. The smallest absolute Gasteiger partial charge is 0.252 e. The molecule has 0 aliphatic heterocycles. The molecule has 0 radical (unpaired) electrons. The zero-order valence-corrected chi connectivity index (χ0v) is 8.12. The summed E-state index contributed by atoms with van der Waals surface area (Å²) in [5.41, 5.74) is -0.241. The van der Waals surface area contributed by atoms with Crippen molar-refractivity contribution in [2.24, 2.45) is 0 Å². The first-order valence-corrected chi connectivity index (χ1v) is 4.82. The Morgan fingerprint density at radius 2 is 2.40 bits per heavy atom. The number of rotatable bonds is 4. The van der Waals surface area contributed by atoms with E-state index in [1.54, 1.807) is 0 Å². The Bertz CT molecular complexity index is 411. The minimum absolute atomic E-state index is 0.0698. The molecule has 0 bridgehead atoms. The van der Waals surface area contributed by atoms with Gasteiger partial charge in [-0.1, -0.05) is 0 Å². The maximum atomic E-state index is 11.3. The van der Waals surface area contributed by atoms with Gasteiger partial charge in [0.2, 0.25) is 5.91 Å². The molecule has 2 rings (SSSR count). The Morgan fingerprint density at radius 1 is 1.60 bits per heavy atom. The number of nitrogens with one attached hydrogen (secondary N) is 3. The summed E-state index contributed by atoms with van der Waals surface area (Å²) in [5, 5.41) is 5.60. The number of anilines is 1. The van der Waals surface area contributed by atoms with Crippen molar-refractivity contribution in [2.45, 2.75) is 18.9 Å². The van der Waals surface area contributed by atoms with Crippen LogP contribution in [0.2, 0.25) is 0 Å². The summed E-state index contributed by atoms with van der Waals surface area (Å²) >= 11 is 0. The van der Waals surface area contributed by atoms with Gasteiger partial charge in [0.15, 0.2) is 0 Å². The number of carbonyl (C=O) groups excluding carboxylic acids is 1. The van der Waals surface area contributed by atoms with Crippen LogP contribution in [-0.4, -0.2) is 28.5 Å². The number of amides is 1. The van der Waals surface area contributed by atoms with Crippen molar-refractivity contribution in [2.75, 3.05) is 11.9 Å². The third kappa shape index (κ3) is 3.08. The SMILES string of the molecule is O=C(CNc1cc(=O)[nH]cn1)NC1CC1. The summed E-state index contributed by atoms with van der Waals surface area (Å²) in [6, 6.07) is 1.66. The second kappa shape index (κ2) is 4.12. The number of nitrogens with zero attached hydrogens (tertiary/aromatic N) is 1. The van der Waals surface area contributed by atoms with Gasteiger partial charge in [0.05, 0.1) is 12.9 Å². The van der Waals surface area contributed by atoms with Crippen molar-refractivity contribution in [3.05, 3.63) is 22.7 Å². The highest BCUT2D eigenvalue weighted by molar-refractivity contribution is 5.80. The molecular weight excluding hydrogens is 196 g/mol. The van der Waals surface area contributed by atoms with Crippen molar-refractivity contribution in [1.82, 2.24) is 15.3 Å². The van der Waals surface area contributed by atoms with Crippen LogP contribution in [0, 0.1) is 0 Å². The molecule has 6 nitrogen and oxygen atoms in total. The van der Waals surface area contributed by atoms with Crippen LogP contribution in [0.25, 0.3) is 0 Å². The maximum absolute atomic E-state index is 11.3. The number of aromatic nitrogens is 2. The maximum Gasteiger partial charge on any atom is 0.252 e. The zero-order valence-electron chi connectivity index (χ0n) is 8.12. The first-order chi connectivity index (χ1) is 7.24. The molecule has 1 heterocycles. The minimum atomic E-state index is -0.241. The standard InChI is InChI=1S/C9H12N4O2/c14-8-3-7(11-5-12-8)10-4-9(15)13-6-1-2-6/h3,5-6H,1-2,4H2,(H,13,15)(H2,10,11,12,14). The summed E-state index contributed by atoms with van der Waals surface area (Å²) in [5.74, 6) is 0.337. The molecular formula is C9H12N4O2. The van der Waals surface area contributed by atoms with Crippen LogP contribution in [0.4, 0.5) is 5.82 Å². The van der Waals surface area contributed by atoms with Crippen molar-refractivity contribution >= 4 is 11.7 Å². The molecule has 15 heavy (non-hydrogen) atoms. The Kier molecular flexibility index (Phi) is 2.66. The monoisotopic (exact) mass is 208 g/mol. The van der Waals surface area contributed by atoms with E-state index in [1.165, 1.54) is 12.4 Å². The third-order valence-corrected chi connectivity index (χ3v) is 2.05. The lowest BCUT2D eigenvalue weighted by molar-refractivity contribution is -0.119. The average Bonchev–Trinajstić information content (AvgIpc) is 2.99. The van der Waals surface area contributed by atoms with Crippen LogP contribution in [0.5, 0.6) is 0 Å². The summed E-state index contributed by atoms with van der Waals surface area (Å²) in [7, 11) is 0. The largest absolute Gasteiger partial charge is 0.361 e. The highest BCUT2D eigenvalue weighted by Gasteiger charge is 2.22. The summed E-state index contributed by atoms with van der Waals surface area (Å²) in [6.45, 7) is 0.146. The van der Waals surface area contributed by atoms with Gasteiger partial charge in [-0.2, -0.15) is 0 Å². The summed E-state index contributed by atoms with van der Waals surface area (Å²) in [6.07, 6.45) is 3.42. The second-order valence-electron chi connectivity index (χ2n) is 3.49. The quantitative estimate of drug-likeness (QED) is 0.620. The second-order valence-corrected chi connectivity index (χ2v) is 3.49. The Hall–Kier alpha value is -1.85. The van der Waals surface area contributed by atoms with Gasteiger partial charge in [0.25, 0.3) is 5.56 Å². The van der Waals surface area contributed by atoms with Gasteiger partial charge in [-0.25, -0.2) is 4.98 Å². The minimum Gasteiger partial charge on any atom is -0.361 e. The molecule has 0 spiro atoms. The predicted octanol–water partition coefficient (Wildman–Crippen LogP) is -0.540. The Labute approximate surface area is 86.1 Å². The van der Waals surface area contributed by atoms with Crippen LogP contribution in [0.3, 0.4) is 0 Å². The van der Waals surface area contributed by atoms with Crippen LogP contribution < -0.4 is 16.2 Å². The number of hydrogen-bond acceptors (Lipinski definition) is 4. The fraction of sp³-hybridized carbons (Fsp3) is 0.444. The lowest BCUT2D eigenvalue weighted by Gasteiger charge is -2.04. The van der Waals surface area contributed by atoms with Crippen molar-refractivity contribution in [3.63, 3.8) is 0 Å². The molecule has 0 aromatic carbocycles. The van der Waals surface area contributed by atoms with Crippen LogP contribution in [0.1, 0.15) is 12.8 Å². The molecule has 0 saturated heterocycles. The molecule has 6 heteroatoms. The number of hydrogen-bond donors (Lipinski definition) is 3. The Balaban J connectivity index is 1.81. The molecule has 80 valence electrons. The first kappa shape index (κ1) is 9.70. The molecule has 0 atom stereocenters. The molecule has 1 aliphatic rings. The predicted molar refractivity (Wildman–Crippen MR) is 54.5 cm³/mol. The fourth-order valence-corrected chi connectivity index (χ4v) is 1.14. The van der Waals surface area contributed by atoms with Gasteiger partial charge in [-0.05, 0) is 12.8 Å². The van der Waals surface area contributed by atoms with Gasteiger partial charge in [-0.15, -0.1) is 0 Å². The van der Waals surface area contributed by atoms with E-state index in [1.807, 2.05) is 0 Å². The lowest BCUT2D eigenvalue weighted by atomic mass is 10.5. The highest BCUT2D eigenvalue weighted by atomic mass is 16.2. The first-order valence-electron chi connectivity index (χ1n) is 4.82. The number of carbonyl (C=O) groups is 1. The van der Waals surface area contributed by atoms with E-state index in [0.29, 0.717) is 11.9 Å². The van der Waals surface area contributed by atoms with E-state index in [0.717, 1.165) is 12.8 Å². The third-order valence-electron chi connectivity index (χ3n) is 2.05. The van der Waals surface area contributed by atoms with Crippen molar-refractivity contribution in [1.29, 1.82) is 0 Å². The molecule has 1 aromatic rings. The number of aromatic amines is 1. The van der Waals surface area contributed by atoms with E-state index in [-0.39, 0.29) is 18.0 Å². The van der Waals surface area contributed by atoms with E-state index < -0.39 is 0 Å². The molecule has 0 unspecified atom stereocenters. The van der Waals surface area contributed by atoms with Gasteiger partial charge < -0.3 is 15.6 Å². The van der Waals surface area contributed by atoms with Gasteiger partial charge in [0, 0.05) is 12.1 Å². The van der Waals surface area contributed by atoms with Crippen molar-refractivity contribution < 1.29 is 4.79 Å². The molecule has 1 aromatic heterocycles. The highest BCUT2D eigenvalue weighted by Crippen LogP contribution is 2.18. The molecule has 1 aliphatic carbocycles. The molecule has 1 fully saturated rings. The van der Waals surface area contributed by atoms with E-state index >= 15 is 0 Å². The normalized spacial score (nSPS) is 14.7. The van der Waals surface area contributed by atoms with Crippen LogP contribution in [0.15, 0.2) is 17.2 Å².